The van der Waals surface area contributed by atoms with Crippen molar-refractivity contribution in [2.75, 3.05) is 0 Å². The van der Waals surface area contributed by atoms with Gasteiger partial charge in [-0.05, 0) is 54.2 Å². The Morgan fingerprint density at radius 3 is 2.32 bits per heavy atom. The number of carbonyl (C=O) groups is 1. The predicted octanol–water partition coefficient (Wildman–Crippen LogP) is 4.90. The maximum atomic E-state index is 12.6. The van der Waals surface area contributed by atoms with Crippen molar-refractivity contribution in [2.45, 2.75) is 40.0 Å². The summed E-state index contributed by atoms with van der Waals surface area (Å²) in [7, 11) is 1.97. The molecule has 0 aliphatic heterocycles. The summed E-state index contributed by atoms with van der Waals surface area (Å²) in [6, 6.07) is 12.1. The molecule has 130 valence electrons. The summed E-state index contributed by atoms with van der Waals surface area (Å²) in [5, 5.41) is 0. The fraction of sp³-hybridized carbons (Fsp3) is 0.333. The maximum absolute atomic E-state index is 12.6. The number of nitrogens with zero attached hydrogens (tertiary/aromatic N) is 2. The third-order valence-electron chi connectivity index (χ3n) is 4.43. The van der Waals surface area contributed by atoms with Crippen LogP contribution in [0.15, 0.2) is 41.4 Å². The Bertz CT molecular complexity index is 1010. The van der Waals surface area contributed by atoms with E-state index in [1.54, 1.807) is 11.3 Å². The Labute approximate surface area is 152 Å². The van der Waals surface area contributed by atoms with Gasteiger partial charge in [0, 0.05) is 12.6 Å². The smallest absolute Gasteiger partial charge is 0.279 e. The minimum atomic E-state index is -0.197. The SMILES string of the molecule is Cc1cc(C)c2c(c1)sc(=NC(=O)c1ccc(C(C)(C)C)cc1)n2C. The van der Waals surface area contributed by atoms with E-state index in [1.807, 2.05) is 35.9 Å². The third-order valence-corrected chi connectivity index (χ3v) is 5.51. The molecule has 0 fully saturated rings. The van der Waals surface area contributed by atoms with E-state index < -0.39 is 0 Å². The number of benzene rings is 2. The minimum absolute atomic E-state index is 0.0754. The van der Waals surface area contributed by atoms with Gasteiger partial charge >= 0.3 is 0 Å². The number of carbonyl (C=O) groups excluding carboxylic acids is 1. The highest BCUT2D eigenvalue weighted by molar-refractivity contribution is 7.16. The van der Waals surface area contributed by atoms with Crippen molar-refractivity contribution in [1.29, 1.82) is 0 Å². The highest BCUT2D eigenvalue weighted by Gasteiger charge is 2.14. The van der Waals surface area contributed by atoms with Gasteiger partial charge in [0.05, 0.1) is 10.2 Å². The fourth-order valence-corrected chi connectivity index (χ4v) is 4.25. The highest BCUT2D eigenvalue weighted by Crippen LogP contribution is 2.23. The lowest BCUT2D eigenvalue weighted by molar-refractivity contribution is 0.0998. The zero-order valence-electron chi connectivity index (χ0n) is 15.7. The van der Waals surface area contributed by atoms with Gasteiger partial charge in [0.25, 0.3) is 5.91 Å². The normalized spacial score (nSPS) is 12.8. The van der Waals surface area contributed by atoms with Gasteiger partial charge in [0.15, 0.2) is 4.80 Å². The molecule has 3 nitrogen and oxygen atoms in total. The molecule has 0 unspecified atom stereocenters. The molecule has 3 aromatic rings. The first-order valence-corrected chi connectivity index (χ1v) is 9.25. The van der Waals surface area contributed by atoms with E-state index >= 15 is 0 Å². The number of thiazole rings is 1. The van der Waals surface area contributed by atoms with Gasteiger partial charge in [-0.2, -0.15) is 4.99 Å². The van der Waals surface area contributed by atoms with E-state index in [0.29, 0.717) is 5.56 Å². The Morgan fingerprint density at radius 1 is 1.08 bits per heavy atom. The molecule has 0 N–H and O–H groups in total. The Balaban J connectivity index is 2.03. The van der Waals surface area contributed by atoms with E-state index in [9.17, 15) is 4.79 Å². The summed E-state index contributed by atoms with van der Waals surface area (Å²) in [6.45, 7) is 10.7. The second kappa shape index (κ2) is 6.26. The van der Waals surface area contributed by atoms with Crippen molar-refractivity contribution in [2.24, 2.45) is 12.0 Å². The van der Waals surface area contributed by atoms with Crippen LogP contribution in [0.4, 0.5) is 0 Å². The molecule has 25 heavy (non-hydrogen) atoms. The summed E-state index contributed by atoms with van der Waals surface area (Å²) in [5.41, 5.74) is 5.48. The molecule has 1 amide bonds. The van der Waals surface area contributed by atoms with Crippen LogP contribution in [0.1, 0.15) is 47.8 Å². The maximum Gasteiger partial charge on any atom is 0.279 e. The molecule has 0 atom stereocenters. The molecule has 0 saturated heterocycles. The van der Waals surface area contributed by atoms with E-state index in [-0.39, 0.29) is 11.3 Å². The van der Waals surface area contributed by atoms with Crippen molar-refractivity contribution in [3.8, 4) is 0 Å². The van der Waals surface area contributed by atoms with Crippen molar-refractivity contribution in [3.63, 3.8) is 0 Å². The largest absolute Gasteiger partial charge is 0.319 e. The molecule has 1 aromatic heterocycles. The first-order chi connectivity index (χ1) is 11.7. The molecule has 0 spiro atoms. The van der Waals surface area contributed by atoms with Crippen molar-refractivity contribution in [3.05, 3.63) is 63.5 Å². The average molecular weight is 353 g/mol. The van der Waals surface area contributed by atoms with Gasteiger partial charge in [0.1, 0.15) is 0 Å². The number of rotatable bonds is 1. The number of hydrogen-bond donors (Lipinski definition) is 0. The molecule has 3 rings (SSSR count). The van der Waals surface area contributed by atoms with Gasteiger partial charge in [-0.15, -0.1) is 0 Å². The molecule has 1 heterocycles. The average Bonchev–Trinajstić information content (AvgIpc) is 2.82. The van der Waals surface area contributed by atoms with Crippen molar-refractivity contribution >= 4 is 27.5 Å². The third kappa shape index (κ3) is 3.45. The molecule has 0 saturated carbocycles. The van der Waals surface area contributed by atoms with E-state index in [2.05, 4.69) is 51.7 Å². The van der Waals surface area contributed by atoms with Gasteiger partial charge in [-0.3, -0.25) is 4.79 Å². The van der Waals surface area contributed by atoms with Gasteiger partial charge in [-0.1, -0.05) is 50.3 Å². The zero-order chi connectivity index (χ0) is 18.4. The lowest BCUT2D eigenvalue weighted by Gasteiger charge is -2.18. The Hall–Kier alpha value is -2.20. The second-order valence-corrected chi connectivity index (χ2v) is 8.63. The first-order valence-electron chi connectivity index (χ1n) is 8.43. The quantitative estimate of drug-likeness (QED) is 0.613. The fourth-order valence-electron chi connectivity index (χ4n) is 3.05. The van der Waals surface area contributed by atoms with Crippen molar-refractivity contribution < 1.29 is 4.79 Å². The number of amides is 1. The van der Waals surface area contributed by atoms with Crippen molar-refractivity contribution in [1.82, 2.24) is 4.57 Å². The van der Waals surface area contributed by atoms with E-state index in [1.165, 1.54) is 16.7 Å². The number of aryl methyl sites for hydroxylation is 3. The molecule has 0 bridgehead atoms. The van der Waals surface area contributed by atoms with Crippen LogP contribution in [-0.4, -0.2) is 10.5 Å². The Kier molecular flexibility index (Phi) is 4.41. The molecule has 0 radical (unpaired) electrons. The second-order valence-electron chi connectivity index (χ2n) is 7.62. The zero-order valence-corrected chi connectivity index (χ0v) is 16.5. The van der Waals surface area contributed by atoms with Crippen LogP contribution in [0.25, 0.3) is 10.2 Å². The number of aromatic nitrogens is 1. The Morgan fingerprint density at radius 2 is 1.72 bits per heavy atom. The van der Waals surface area contributed by atoms with Crippen LogP contribution in [0.5, 0.6) is 0 Å². The van der Waals surface area contributed by atoms with Gasteiger partial charge in [0.2, 0.25) is 0 Å². The molecule has 0 aliphatic rings. The molecule has 0 aliphatic carbocycles. The summed E-state index contributed by atoms with van der Waals surface area (Å²) >= 11 is 1.56. The van der Waals surface area contributed by atoms with E-state index in [4.69, 9.17) is 0 Å². The molecular formula is C21H24N2OS. The van der Waals surface area contributed by atoms with E-state index in [0.717, 1.165) is 15.0 Å². The topological polar surface area (TPSA) is 34.4 Å². The predicted molar refractivity (Wildman–Crippen MR) is 105 cm³/mol. The minimum Gasteiger partial charge on any atom is -0.319 e. The monoisotopic (exact) mass is 352 g/mol. The molecular weight excluding hydrogens is 328 g/mol. The number of hydrogen-bond acceptors (Lipinski definition) is 2. The highest BCUT2D eigenvalue weighted by atomic mass is 32.1. The number of fused-ring (bicyclic) bond motifs is 1. The lowest BCUT2D eigenvalue weighted by Crippen LogP contribution is -2.14. The summed E-state index contributed by atoms with van der Waals surface area (Å²) in [5.74, 6) is -0.197. The van der Waals surface area contributed by atoms with Crippen LogP contribution in [-0.2, 0) is 12.5 Å². The van der Waals surface area contributed by atoms with Crippen LogP contribution in [0.2, 0.25) is 0 Å². The van der Waals surface area contributed by atoms with Gasteiger partial charge < -0.3 is 4.57 Å². The standard InChI is InChI=1S/C21H24N2OS/c1-13-11-14(2)18-17(12-13)25-20(23(18)6)22-19(24)15-7-9-16(10-8-15)21(3,4)5/h7-12H,1-6H3. The summed E-state index contributed by atoms with van der Waals surface area (Å²) in [6.07, 6.45) is 0. The summed E-state index contributed by atoms with van der Waals surface area (Å²) in [4.78, 5) is 17.7. The first kappa shape index (κ1) is 17.6. The van der Waals surface area contributed by atoms with Crippen LogP contribution in [0, 0.1) is 13.8 Å². The van der Waals surface area contributed by atoms with Crippen LogP contribution >= 0.6 is 11.3 Å². The van der Waals surface area contributed by atoms with Crippen LogP contribution in [0.3, 0.4) is 0 Å². The lowest BCUT2D eigenvalue weighted by atomic mass is 9.87. The summed E-state index contributed by atoms with van der Waals surface area (Å²) < 4.78 is 3.17. The molecule has 4 heteroatoms. The molecule has 2 aromatic carbocycles. The van der Waals surface area contributed by atoms with Gasteiger partial charge in [-0.25, -0.2) is 0 Å². The van der Waals surface area contributed by atoms with Crippen LogP contribution < -0.4 is 4.80 Å².